The Kier molecular flexibility index (Phi) is 7.79. The summed E-state index contributed by atoms with van der Waals surface area (Å²) in [5.74, 6) is 0.957. The van der Waals surface area contributed by atoms with Gasteiger partial charge in [-0.3, -0.25) is 24.7 Å². The van der Waals surface area contributed by atoms with Gasteiger partial charge in [0, 0.05) is 41.4 Å². The molecule has 0 aliphatic carbocycles. The van der Waals surface area contributed by atoms with Crippen LogP contribution in [-0.4, -0.2) is 34.5 Å². The number of benzene rings is 2. The second kappa shape index (κ2) is 11.3. The van der Waals surface area contributed by atoms with Crippen LogP contribution in [0.15, 0.2) is 85.0 Å². The molecule has 2 heterocycles. The highest BCUT2D eigenvalue weighted by atomic mass is 32.1. The first kappa shape index (κ1) is 24.7. The fraction of sp³-hybridized carbons (Fsp3) is 0.115. The average molecular weight is 503 g/mol. The van der Waals surface area contributed by atoms with Gasteiger partial charge in [-0.2, -0.15) is 5.06 Å². The summed E-state index contributed by atoms with van der Waals surface area (Å²) >= 11 is 1.35. The average Bonchev–Trinajstić information content (AvgIpc) is 3.41. The second-order valence-electron chi connectivity index (χ2n) is 7.59. The molecule has 2 aromatic carbocycles. The molecule has 0 spiro atoms. The van der Waals surface area contributed by atoms with E-state index < -0.39 is 11.0 Å². The van der Waals surface area contributed by atoms with E-state index >= 15 is 0 Å². The Morgan fingerprint density at radius 1 is 1.14 bits per heavy atom. The maximum atomic E-state index is 11.9. The Morgan fingerprint density at radius 3 is 2.61 bits per heavy atom. The largest absolute Gasteiger partial charge is 0.497 e. The number of pyridine rings is 1. The minimum Gasteiger partial charge on any atom is -0.497 e. The molecule has 1 unspecified atom stereocenters. The number of nitro groups is 1. The summed E-state index contributed by atoms with van der Waals surface area (Å²) in [6.07, 6.45) is 4.72. The van der Waals surface area contributed by atoms with Crippen molar-refractivity contribution in [2.24, 2.45) is 0 Å². The molecule has 0 bridgehead atoms. The summed E-state index contributed by atoms with van der Waals surface area (Å²) in [4.78, 5) is 37.5. The van der Waals surface area contributed by atoms with Gasteiger partial charge < -0.3 is 4.74 Å². The molecule has 1 amide bonds. The molecular formula is C26H22N4O5S. The third-order valence-electron chi connectivity index (χ3n) is 5.36. The van der Waals surface area contributed by atoms with E-state index in [1.165, 1.54) is 23.5 Å². The summed E-state index contributed by atoms with van der Waals surface area (Å²) in [6.45, 7) is 3.77. The van der Waals surface area contributed by atoms with Gasteiger partial charge in [0.05, 0.1) is 12.0 Å². The zero-order valence-corrected chi connectivity index (χ0v) is 20.1. The van der Waals surface area contributed by atoms with Crippen LogP contribution >= 0.6 is 11.3 Å². The van der Waals surface area contributed by atoms with Crippen LogP contribution in [0.4, 0.5) is 11.5 Å². The molecule has 10 heteroatoms. The molecule has 0 radical (unpaired) electrons. The number of methoxy groups -OCH3 is 1. The number of amides is 1. The predicted octanol–water partition coefficient (Wildman–Crippen LogP) is 5.48. The minimum absolute atomic E-state index is 0.0583. The Balaban J connectivity index is 1.54. The highest BCUT2D eigenvalue weighted by molar-refractivity contribution is 7.13. The van der Waals surface area contributed by atoms with E-state index in [1.54, 1.807) is 43.1 Å². The summed E-state index contributed by atoms with van der Waals surface area (Å²) in [6, 6.07) is 15.9. The number of hydroxylamine groups is 1. The molecule has 0 fully saturated rings. The van der Waals surface area contributed by atoms with Gasteiger partial charge in [-0.15, -0.1) is 17.9 Å². The number of hydrogen-bond donors (Lipinski definition) is 0. The smallest absolute Gasteiger partial charge is 0.273 e. The monoisotopic (exact) mass is 502 g/mol. The zero-order chi connectivity index (χ0) is 25.5. The van der Waals surface area contributed by atoms with Crippen molar-refractivity contribution in [1.82, 2.24) is 9.97 Å². The fourth-order valence-electron chi connectivity index (χ4n) is 3.54. The Morgan fingerprint density at radius 2 is 1.92 bits per heavy atom. The van der Waals surface area contributed by atoms with E-state index in [2.05, 4.69) is 16.5 Å². The first-order chi connectivity index (χ1) is 17.5. The molecule has 1 atom stereocenters. The third-order valence-corrected chi connectivity index (χ3v) is 6.24. The van der Waals surface area contributed by atoms with Crippen LogP contribution in [0.5, 0.6) is 5.75 Å². The highest BCUT2D eigenvalue weighted by Crippen LogP contribution is 2.31. The maximum absolute atomic E-state index is 11.9. The molecular weight excluding hydrogens is 480 g/mol. The van der Waals surface area contributed by atoms with Gasteiger partial charge in [-0.25, -0.2) is 4.98 Å². The summed E-state index contributed by atoms with van der Waals surface area (Å²) < 4.78 is 5.25. The summed E-state index contributed by atoms with van der Waals surface area (Å²) in [5, 5.41) is 15.3. The Labute approximate surface area is 211 Å². The standard InChI is InChI=1S/C26H22N4O5S/c1-3-22(35-29(17-31)25-16-36-26(28-25)18-9-11-27-12-10-18)14-21-8-7-20(15-24(21)30(32)33)19-5-4-6-23(13-19)34-2/h3-13,15-17,22H,1,14H2,2H3. The van der Waals surface area contributed by atoms with Gasteiger partial charge in [-0.05, 0) is 35.4 Å². The molecule has 0 aliphatic rings. The van der Waals surface area contributed by atoms with Crippen LogP contribution in [0, 0.1) is 10.1 Å². The van der Waals surface area contributed by atoms with E-state index in [0.717, 1.165) is 16.2 Å². The number of carbonyl (C=O) groups excluding carboxylic acids is 1. The van der Waals surface area contributed by atoms with Crippen LogP contribution in [0.1, 0.15) is 5.56 Å². The quantitative estimate of drug-likeness (QED) is 0.116. The lowest BCUT2D eigenvalue weighted by Crippen LogP contribution is -2.29. The van der Waals surface area contributed by atoms with E-state index in [-0.39, 0.29) is 12.1 Å². The number of nitrogens with zero attached hydrogens (tertiary/aromatic N) is 4. The van der Waals surface area contributed by atoms with Crippen molar-refractivity contribution in [2.45, 2.75) is 12.5 Å². The van der Waals surface area contributed by atoms with E-state index in [4.69, 9.17) is 9.57 Å². The normalized spacial score (nSPS) is 11.5. The molecule has 4 aromatic rings. The number of nitro benzene ring substituents is 1. The topological polar surface area (TPSA) is 108 Å². The van der Waals surface area contributed by atoms with Gasteiger partial charge in [0.25, 0.3) is 5.69 Å². The number of hydrogen-bond acceptors (Lipinski definition) is 8. The van der Waals surface area contributed by atoms with Crippen molar-refractivity contribution in [3.63, 3.8) is 0 Å². The van der Waals surface area contributed by atoms with Gasteiger partial charge in [0.1, 0.15) is 16.9 Å². The molecule has 0 N–H and O–H groups in total. The molecule has 0 saturated carbocycles. The lowest BCUT2D eigenvalue weighted by atomic mass is 9.99. The Hall–Kier alpha value is -4.41. The van der Waals surface area contributed by atoms with Crippen LogP contribution in [0.25, 0.3) is 21.7 Å². The van der Waals surface area contributed by atoms with Crippen molar-refractivity contribution < 1.29 is 19.3 Å². The molecule has 36 heavy (non-hydrogen) atoms. The lowest BCUT2D eigenvalue weighted by Gasteiger charge is -2.20. The van der Waals surface area contributed by atoms with Crippen LogP contribution in [0.2, 0.25) is 0 Å². The lowest BCUT2D eigenvalue weighted by molar-refractivity contribution is -0.385. The van der Waals surface area contributed by atoms with Crippen molar-refractivity contribution >= 4 is 29.3 Å². The molecule has 0 saturated heterocycles. The molecule has 2 aromatic heterocycles. The summed E-state index contributed by atoms with van der Waals surface area (Å²) in [5.41, 5.74) is 2.72. The SMILES string of the molecule is C=CC(Cc1ccc(-c2cccc(OC)c2)cc1[N+](=O)[O-])ON(C=O)c1csc(-c2ccncc2)n1. The zero-order valence-electron chi connectivity index (χ0n) is 19.3. The Bertz CT molecular complexity index is 1380. The van der Waals surface area contributed by atoms with E-state index in [1.807, 2.05) is 30.3 Å². The maximum Gasteiger partial charge on any atom is 0.273 e. The van der Waals surface area contributed by atoms with Gasteiger partial charge in [0.15, 0.2) is 5.82 Å². The number of aromatic nitrogens is 2. The summed E-state index contributed by atoms with van der Waals surface area (Å²) in [7, 11) is 1.56. The van der Waals surface area contributed by atoms with Gasteiger partial charge in [-0.1, -0.05) is 30.3 Å². The van der Waals surface area contributed by atoms with Crippen molar-refractivity contribution in [2.75, 3.05) is 12.2 Å². The first-order valence-corrected chi connectivity index (χ1v) is 11.7. The molecule has 0 aliphatic heterocycles. The first-order valence-electron chi connectivity index (χ1n) is 10.8. The van der Waals surface area contributed by atoms with E-state index in [0.29, 0.717) is 34.1 Å². The minimum atomic E-state index is -0.720. The van der Waals surface area contributed by atoms with Crippen LogP contribution in [-0.2, 0) is 16.1 Å². The highest BCUT2D eigenvalue weighted by Gasteiger charge is 2.22. The number of rotatable bonds is 11. The molecule has 9 nitrogen and oxygen atoms in total. The molecule has 182 valence electrons. The van der Waals surface area contributed by atoms with Crippen molar-refractivity contribution in [3.05, 3.63) is 101 Å². The van der Waals surface area contributed by atoms with Crippen LogP contribution < -0.4 is 9.80 Å². The molecule has 4 rings (SSSR count). The van der Waals surface area contributed by atoms with Crippen LogP contribution in [0.3, 0.4) is 0 Å². The van der Waals surface area contributed by atoms with Crippen molar-refractivity contribution in [1.29, 1.82) is 0 Å². The van der Waals surface area contributed by atoms with Crippen molar-refractivity contribution in [3.8, 4) is 27.4 Å². The second-order valence-corrected chi connectivity index (χ2v) is 8.45. The predicted molar refractivity (Wildman–Crippen MR) is 138 cm³/mol. The number of anilines is 1. The number of carbonyl (C=O) groups is 1. The third kappa shape index (κ3) is 5.62. The van der Waals surface area contributed by atoms with Gasteiger partial charge in [0.2, 0.25) is 6.41 Å². The van der Waals surface area contributed by atoms with Gasteiger partial charge >= 0.3 is 0 Å². The number of ether oxygens (including phenoxy) is 1. The van der Waals surface area contributed by atoms with E-state index in [9.17, 15) is 14.9 Å². The number of thiazole rings is 1. The fourth-order valence-corrected chi connectivity index (χ4v) is 4.33.